The molecule has 10 heteroatoms. The summed E-state index contributed by atoms with van der Waals surface area (Å²) in [7, 11) is 0. The normalized spacial score (nSPS) is 31.1. The van der Waals surface area contributed by atoms with E-state index in [1.165, 1.54) is 23.1 Å². The number of aryl methyl sites for hydroxylation is 1. The molecule has 3 aliphatic heterocycles. The molecule has 35 heavy (non-hydrogen) atoms. The van der Waals surface area contributed by atoms with Crippen LogP contribution < -0.4 is 15.5 Å². The van der Waals surface area contributed by atoms with E-state index in [1.807, 2.05) is 20.8 Å². The number of amides is 3. The van der Waals surface area contributed by atoms with Gasteiger partial charge in [-0.05, 0) is 52.8 Å². The number of anilines is 2. The van der Waals surface area contributed by atoms with Crippen LogP contribution in [0.2, 0.25) is 0 Å². The van der Waals surface area contributed by atoms with Crippen molar-refractivity contribution in [2.24, 2.45) is 11.8 Å². The Morgan fingerprint density at radius 3 is 2.54 bits per heavy atom. The van der Waals surface area contributed by atoms with E-state index < -0.39 is 58.2 Å². The van der Waals surface area contributed by atoms with Gasteiger partial charge >= 0.3 is 0 Å². The molecule has 0 unspecified atom stereocenters. The van der Waals surface area contributed by atoms with E-state index in [9.17, 15) is 18.8 Å². The molecule has 2 N–H and O–H groups in total. The average Bonchev–Trinajstić information content (AvgIpc) is 3.44. The van der Waals surface area contributed by atoms with Gasteiger partial charge in [0.05, 0.1) is 17.4 Å². The monoisotopic (exact) mass is 482 g/mol. The minimum atomic E-state index is -1.41. The molecule has 0 saturated carbocycles. The molecular weight excluding hydrogens is 455 g/mol. The Morgan fingerprint density at radius 1 is 1.17 bits per heavy atom. The zero-order valence-electron chi connectivity index (χ0n) is 20.1. The SMILES string of the molecule is Cc1cc(NC(=O)[C@@H]2[C@H]3C(=O)N(c4cccc(F)c4)[C@@H](C(=O)NC(C)(C)C)[C@@]34C=C[C@@]2(C)O4)no1. The number of fused-ring (bicyclic) bond motifs is 1. The number of rotatable bonds is 4. The number of hydrogen-bond acceptors (Lipinski definition) is 6. The third kappa shape index (κ3) is 3.54. The number of ether oxygens (including phenoxy) is 1. The van der Waals surface area contributed by atoms with Gasteiger partial charge in [-0.3, -0.25) is 19.3 Å². The number of nitrogens with zero attached hydrogens (tertiary/aromatic N) is 2. The third-order valence-electron chi connectivity index (χ3n) is 6.69. The van der Waals surface area contributed by atoms with Crippen molar-refractivity contribution in [3.05, 3.63) is 54.1 Å². The lowest BCUT2D eigenvalue weighted by Gasteiger charge is -2.35. The molecule has 2 saturated heterocycles. The fourth-order valence-electron chi connectivity index (χ4n) is 5.51. The Bertz CT molecular complexity index is 1270. The average molecular weight is 483 g/mol. The molecule has 0 radical (unpaired) electrons. The highest BCUT2D eigenvalue weighted by Crippen LogP contribution is 2.60. The molecule has 3 aliphatic rings. The highest BCUT2D eigenvalue weighted by Gasteiger charge is 2.76. The summed E-state index contributed by atoms with van der Waals surface area (Å²) in [5.41, 5.74) is -2.93. The van der Waals surface area contributed by atoms with Crippen LogP contribution in [-0.4, -0.2) is 45.7 Å². The van der Waals surface area contributed by atoms with Crippen LogP contribution in [0.1, 0.15) is 33.5 Å². The van der Waals surface area contributed by atoms with Crippen molar-refractivity contribution in [3.63, 3.8) is 0 Å². The van der Waals surface area contributed by atoms with E-state index in [0.29, 0.717) is 5.76 Å². The van der Waals surface area contributed by atoms with Crippen LogP contribution in [0.25, 0.3) is 0 Å². The number of benzene rings is 1. The molecule has 2 fully saturated rings. The number of halogens is 1. The van der Waals surface area contributed by atoms with Crippen molar-refractivity contribution >= 4 is 29.2 Å². The predicted octanol–water partition coefficient (Wildman–Crippen LogP) is 2.72. The minimum absolute atomic E-state index is 0.213. The standard InChI is InChI=1S/C25H27FN4O5/c1-13-11-16(29-34-13)27-20(31)17-18-22(33)30(15-8-6-7-14(26)12-15)19(21(32)28-23(2,3)4)25(18)10-9-24(17,5)35-25/h6-12,17-19H,1-5H3,(H,28,32)(H,27,29,31)/t17-,18-,19-,24+,25+/m0/s1. The molecule has 2 bridgehead atoms. The van der Waals surface area contributed by atoms with Gasteiger partial charge in [0.15, 0.2) is 5.82 Å². The van der Waals surface area contributed by atoms with Gasteiger partial charge in [0.2, 0.25) is 17.7 Å². The Morgan fingerprint density at radius 2 is 1.91 bits per heavy atom. The first-order valence-corrected chi connectivity index (χ1v) is 11.4. The van der Waals surface area contributed by atoms with Crippen molar-refractivity contribution in [2.45, 2.75) is 57.4 Å². The van der Waals surface area contributed by atoms with Gasteiger partial charge in [0.1, 0.15) is 23.2 Å². The zero-order chi connectivity index (χ0) is 25.3. The smallest absolute Gasteiger partial charge is 0.246 e. The van der Waals surface area contributed by atoms with Crippen LogP contribution >= 0.6 is 0 Å². The summed E-state index contributed by atoms with van der Waals surface area (Å²) in [5.74, 6) is -3.23. The third-order valence-corrected chi connectivity index (χ3v) is 6.69. The maximum absolute atomic E-state index is 14.2. The lowest BCUT2D eigenvalue weighted by atomic mass is 9.70. The van der Waals surface area contributed by atoms with Crippen LogP contribution in [0, 0.1) is 24.6 Å². The molecule has 9 nitrogen and oxygen atoms in total. The van der Waals surface area contributed by atoms with Crippen molar-refractivity contribution < 1.29 is 28.0 Å². The largest absolute Gasteiger partial charge is 0.360 e. The van der Waals surface area contributed by atoms with E-state index in [-0.39, 0.29) is 11.5 Å². The van der Waals surface area contributed by atoms with Crippen molar-refractivity contribution in [3.8, 4) is 0 Å². The van der Waals surface area contributed by atoms with Crippen molar-refractivity contribution in [1.29, 1.82) is 0 Å². The first-order valence-electron chi connectivity index (χ1n) is 11.4. The molecule has 5 rings (SSSR count). The summed E-state index contributed by atoms with van der Waals surface area (Å²) in [4.78, 5) is 42.3. The van der Waals surface area contributed by atoms with Crippen LogP contribution in [0.5, 0.6) is 0 Å². The van der Waals surface area contributed by atoms with Gasteiger partial charge in [0, 0.05) is 17.3 Å². The molecule has 1 spiro atoms. The molecule has 2 aromatic rings. The Hall–Kier alpha value is -3.53. The topological polar surface area (TPSA) is 114 Å². The molecule has 184 valence electrons. The maximum atomic E-state index is 14.2. The fourth-order valence-corrected chi connectivity index (χ4v) is 5.51. The number of nitrogens with one attached hydrogen (secondary N) is 2. The van der Waals surface area contributed by atoms with Gasteiger partial charge in [0.25, 0.3) is 0 Å². The van der Waals surface area contributed by atoms with E-state index >= 15 is 0 Å². The number of hydrogen-bond donors (Lipinski definition) is 2. The van der Waals surface area contributed by atoms with Crippen LogP contribution in [0.15, 0.2) is 47.0 Å². The minimum Gasteiger partial charge on any atom is -0.360 e. The summed E-state index contributed by atoms with van der Waals surface area (Å²) in [6.45, 7) is 8.88. The van der Waals surface area contributed by atoms with Gasteiger partial charge in [-0.1, -0.05) is 23.4 Å². The van der Waals surface area contributed by atoms with Crippen LogP contribution in [-0.2, 0) is 19.1 Å². The van der Waals surface area contributed by atoms with E-state index in [0.717, 1.165) is 0 Å². The maximum Gasteiger partial charge on any atom is 0.246 e. The molecule has 3 amide bonds. The fraction of sp³-hybridized carbons (Fsp3) is 0.440. The second kappa shape index (κ2) is 7.48. The first kappa shape index (κ1) is 23.2. The van der Waals surface area contributed by atoms with Gasteiger partial charge in [-0.15, -0.1) is 0 Å². The molecule has 5 atom stereocenters. The van der Waals surface area contributed by atoms with Crippen molar-refractivity contribution in [1.82, 2.24) is 10.5 Å². The first-order chi connectivity index (χ1) is 16.3. The molecule has 1 aromatic carbocycles. The highest BCUT2D eigenvalue weighted by molar-refractivity contribution is 6.11. The van der Waals surface area contributed by atoms with E-state index in [1.54, 1.807) is 38.1 Å². The second-order valence-corrected chi connectivity index (χ2v) is 10.6. The predicted molar refractivity (Wildman–Crippen MR) is 124 cm³/mol. The summed E-state index contributed by atoms with van der Waals surface area (Å²) in [5, 5.41) is 9.43. The number of carbonyl (C=O) groups excluding carboxylic acids is 3. The summed E-state index contributed by atoms with van der Waals surface area (Å²) >= 11 is 0. The highest BCUT2D eigenvalue weighted by atomic mass is 19.1. The molecular formula is C25H27FN4O5. The Kier molecular flexibility index (Phi) is 4.96. The molecule has 1 aromatic heterocycles. The van der Waals surface area contributed by atoms with E-state index in [2.05, 4.69) is 15.8 Å². The molecule has 0 aliphatic carbocycles. The van der Waals surface area contributed by atoms with Crippen LogP contribution in [0.3, 0.4) is 0 Å². The summed E-state index contributed by atoms with van der Waals surface area (Å²) < 4.78 is 25.6. The second-order valence-electron chi connectivity index (χ2n) is 10.6. The zero-order valence-corrected chi connectivity index (χ0v) is 20.1. The molecule has 4 heterocycles. The lowest BCUT2D eigenvalue weighted by Crippen LogP contribution is -2.58. The Labute approximate surface area is 201 Å². The van der Waals surface area contributed by atoms with Gasteiger partial charge in [-0.2, -0.15) is 0 Å². The van der Waals surface area contributed by atoms with Gasteiger partial charge in [-0.25, -0.2) is 4.39 Å². The van der Waals surface area contributed by atoms with Crippen LogP contribution in [0.4, 0.5) is 15.9 Å². The Balaban J connectivity index is 1.60. The number of carbonyl (C=O) groups is 3. The van der Waals surface area contributed by atoms with Gasteiger partial charge < -0.3 is 19.9 Å². The number of aromatic nitrogens is 1. The summed E-state index contributed by atoms with van der Waals surface area (Å²) in [6.07, 6.45) is 3.42. The summed E-state index contributed by atoms with van der Waals surface area (Å²) in [6, 6.07) is 5.89. The lowest BCUT2D eigenvalue weighted by molar-refractivity contribution is -0.131. The van der Waals surface area contributed by atoms with E-state index in [4.69, 9.17) is 9.26 Å². The quantitative estimate of drug-likeness (QED) is 0.648. The van der Waals surface area contributed by atoms with Crippen molar-refractivity contribution in [2.75, 3.05) is 10.2 Å².